The van der Waals surface area contributed by atoms with E-state index < -0.39 is 0 Å². The number of nitrogens with zero attached hydrogens (tertiary/aromatic N) is 5. The molecule has 42 heavy (non-hydrogen) atoms. The van der Waals surface area contributed by atoms with Gasteiger partial charge in [0.05, 0.1) is 23.4 Å². The van der Waals surface area contributed by atoms with Crippen molar-refractivity contribution >= 4 is 22.4 Å². The highest BCUT2D eigenvalue weighted by molar-refractivity contribution is 5.96. The number of anilines is 2. The lowest BCUT2D eigenvalue weighted by Gasteiger charge is -2.43. The number of hydrogen-bond donors (Lipinski definition) is 1. The molecule has 7 heteroatoms. The number of fused-ring (bicyclic) bond motifs is 7. The Morgan fingerprint density at radius 3 is 2.64 bits per heavy atom. The molecule has 0 amide bonds. The Labute approximate surface area is 248 Å². The van der Waals surface area contributed by atoms with Crippen LogP contribution in [0.3, 0.4) is 0 Å². The van der Waals surface area contributed by atoms with Gasteiger partial charge in [-0.1, -0.05) is 38.1 Å². The van der Waals surface area contributed by atoms with Gasteiger partial charge in [0.2, 0.25) is 0 Å². The van der Waals surface area contributed by atoms with Crippen molar-refractivity contribution in [3.8, 4) is 11.4 Å². The van der Waals surface area contributed by atoms with Crippen LogP contribution in [-0.4, -0.2) is 52.0 Å². The van der Waals surface area contributed by atoms with Gasteiger partial charge < -0.3 is 14.5 Å². The highest BCUT2D eigenvalue weighted by Crippen LogP contribution is 2.55. The summed E-state index contributed by atoms with van der Waals surface area (Å²) in [5, 5.41) is 8.89. The average Bonchev–Trinajstić information content (AvgIpc) is 3.66. The van der Waals surface area contributed by atoms with Crippen molar-refractivity contribution in [1.29, 1.82) is 0 Å². The van der Waals surface area contributed by atoms with Crippen LogP contribution in [0.4, 0.5) is 11.5 Å². The molecule has 4 atom stereocenters. The fourth-order valence-corrected chi connectivity index (χ4v) is 7.92. The van der Waals surface area contributed by atoms with Crippen LogP contribution < -0.4 is 9.80 Å². The predicted octanol–water partition coefficient (Wildman–Crippen LogP) is 6.55. The molecule has 2 aromatic carbocycles. The lowest BCUT2D eigenvalue weighted by molar-refractivity contribution is 0.0671. The zero-order valence-corrected chi connectivity index (χ0v) is 25.5. The first-order valence-electron chi connectivity index (χ1n) is 15.5. The van der Waals surface area contributed by atoms with Crippen LogP contribution in [0.5, 0.6) is 0 Å². The second-order valence-corrected chi connectivity index (χ2v) is 13.2. The minimum atomic E-state index is 0.310. The molecule has 8 rings (SSSR count). The summed E-state index contributed by atoms with van der Waals surface area (Å²) >= 11 is 0. The molecule has 5 heterocycles. The standard InChI is InChI=1S/C35H40N6O/c1-18(2)22-9-7-19(3)29(13-22)40-12-11-27-26(17-40)35(41-30-14-23(42-6)15-31(41)25-16-24(25)30)37-34(36-27)32-20(4)8-10-28-33(32)21(5)38-39-28/h7-10,13,16,18,23-24,30-31H,11-12,14-15,17H2,1-6H3,(H,38,39). The number of piperidine rings is 1. The highest BCUT2D eigenvalue weighted by atomic mass is 16.5. The third-order valence-electron chi connectivity index (χ3n) is 10.3. The minimum Gasteiger partial charge on any atom is -0.381 e. The molecule has 0 radical (unpaired) electrons. The van der Waals surface area contributed by atoms with Crippen molar-refractivity contribution in [1.82, 2.24) is 20.2 Å². The lowest BCUT2D eigenvalue weighted by Crippen LogP contribution is -2.49. The van der Waals surface area contributed by atoms with Crippen molar-refractivity contribution in [2.45, 2.75) is 84.5 Å². The summed E-state index contributed by atoms with van der Waals surface area (Å²) in [6.45, 7) is 12.8. The molecular formula is C35H40N6O. The van der Waals surface area contributed by atoms with Crippen molar-refractivity contribution < 1.29 is 4.74 Å². The van der Waals surface area contributed by atoms with Crippen LogP contribution in [0.1, 0.15) is 66.2 Å². The van der Waals surface area contributed by atoms with Crippen LogP contribution in [-0.2, 0) is 17.7 Å². The Kier molecular flexibility index (Phi) is 5.81. The van der Waals surface area contributed by atoms with Crippen molar-refractivity contribution in [3.05, 3.63) is 75.6 Å². The molecule has 1 N–H and O–H groups in total. The molecule has 4 aromatic rings. The van der Waals surface area contributed by atoms with Gasteiger partial charge in [0.25, 0.3) is 0 Å². The third kappa shape index (κ3) is 3.85. The third-order valence-corrected chi connectivity index (χ3v) is 10.3. The molecular weight excluding hydrogens is 520 g/mol. The number of aromatic amines is 1. The van der Waals surface area contributed by atoms with E-state index in [-0.39, 0.29) is 0 Å². The van der Waals surface area contributed by atoms with Crippen molar-refractivity contribution in [3.63, 3.8) is 0 Å². The van der Waals surface area contributed by atoms with E-state index in [0.717, 1.165) is 66.2 Å². The van der Waals surface area contributed by atoms with Crippen LogP contribution in [0.25, 0.3) is 22.3 Å². The molecule has 4 aliphatic rings. The largest absolute Gasteiger partial charge is 0.381 e. The number of benzene rings is 2. The number of aromatic nitrogens is 4. The van der Waals surface area contributed by atoms with E-state index >= 15 is 0 Å². The number of aryl methyl sites for hydroxylation is 3. The Bertz CT molecular complexity index is 1770. The lowest BCUT2D eigenvalue weighted by atomic mass is 9.94. The molecule has 0 saturated carbocycles. The zero-order chi connectivity index (χ0) is 28.9. The summed E-state index contributed by atoms with van der Waals surface area (Å²) in [6.07, 6.45) is 5.76. The van der Waals surface area contributed by atoms with E-state index in [1.54, 1.807) is 5.57 Å². The van der Waals surface area contributed by atoms with Crippen molar-refractivity contribution in [2.75, 3.05) is 23.5 Å². The van der Waals surface area contributed by atoms with Gasteiger partial charge in [-0.05, 0) is 73.9 Å². The first-order valence-corrected chi connectivity index (χ1v) is 15.5. The second-order valence-electron chi connectivity index (χ2n) is 13.2. The fourth-order valence-electron chi connectivity index (χ4n) is 7.92. The number of hydrogen-bond acceptors (Lipinski definition) is 6. The van der Waals surface area contributed by atoms with Crippen LogP contribution in [0, 0.1) is 26.7 Å². The quantitative estimate of drug-likeness (QED) is 0.279. The van der Waals surface area contributed by atoms with Crippen LogP contribution in [0.2, 0.25) is 0 Å². The SMILES string of the molecule is COC1CC2C3=CC3C(C1)N2c1nc(-c2c(C)ccc3n[nH]c(C)c23)nc2c1CN(c1cc(C(C)C)ccc1C)CC2. The molecule has 2 saturated heterocycles. The molecule has 4 unspecified atom stereocenters. The van der Waals surface area contributed by atoms with E-state index in [2.05, 4.69) is 91.0 Å². The molecule has 0 spiro atoms. The second kappa shape index (κ2) is 9.40. The molecule has 3 aliphatic heterocycles. The molecule has 2 aromatic heterocycles. The predicted molar refractivity (Wildman–Crippen MR) is 168 cm³/mol. The monoisotopic (exact) mass is 560 g/mol. The number of rotatable bonds is 5. The summed E-state index contributed by atoms with van der Waals surface area (Å²) in [5.41, 5.74) is 12.4. The van der Waals surface area contributed by atoms with E-state index in [1.165, 1.54) is 33.6 Å². The maximum Gasteiger partial charge on any atom is 0.162 e. The number of methoxy groups -OCH3 is 1. The highest BCUT2D eigenvalue weighted by Gasteiger charge is 2.56. The number of H-pyrrole nitrogens is 1. The first kappa shape index (κ1) is 26.0. The van der Waals surface area contributed by atoms with Crippen LogP contribution >= 0.6 is 0 Å². The summed E-state index contributed by atoms with van der Waals surface area (Å²) in [5.74, 6) is 3.03. The Hall–Kier alpha value is -3.71. The Morgan fingerprint density at radius 2 is 1.86 bits per heavy atom. The number of ether oxygens (including phenoxy) is 1. The van der Waals surface area contributed by atoms with Crippen molar-refractivity contribution in [2.24, 2.45) is 5.92 Å². The van der Waals surface area contributed by atoms with E-state index in [9.17, 15) is 0 Å². The first-order chi connectivity index (χ1) is 20.3. The summed E-state index contributed by atoms with van der Waals surface area (Å²) in [4.78, 5) is 16.1. The minimum absolute atomic E-state index is 0.310. The molecule has 216 valence electrons. The van der Waals surface area contributed by atoms with Gasteiger partial charge in [0.1, 0.15) is 5.82 Å². The number of nitrogens with one attached hydrogen (secondary N) is 1. The van der Waals surface area contributed by atoms with Gasteiger partial charge in [-0.25, -0.2) is 9.97 Å². The maximum atomic E-state index is 5.91. The molecule has 1 aliphatic carbocycles. The summed E-state index contributed by atoms with van der Waals surface area (Å²) < 4.78 is 5.91. The van der Waals surface area contributed by atoms with Gasteiger partial charge in [0, 0.05) is 66.5 Å². The Balaban J connectivity index is 1.29. The van der Waals surface area contributed by atoms with Gasteiger partial charge in [-0.2, -0.15) is 5.10 Å². The summed E-state index contributed by atoms with van der Waals surface area (Å²) in [6, 6.07) is 12.0. The molecule has 2 bridgehead atoms. The fraction of sp³-hybridized carbons (Fsp3) is 0.457. The Morgan fingerprint density at radius 1 is 1.02 bits per heavy atom. The maximum absolute atomic E-state index is 5.91. The van der Waals surface area contributed by atoms with Gasteiger partial charge >= 0.3 is 0 Å². The molecule has 7 nitrogen and oxygen atoms in total. The normalized spacial score (nSPS) is 24.3. The summed E-state index contributed by atoms with van der Waals surface area (Å²) in [7, 11) is 1.87. The smallest absolute Gasteiger partial charge is 0.162 e. The van der Waals surface area contributed by atoms with Gasteiger partial charge in [0.15, 0.2) is 5.82 Å². The van der Waals surface area contributed by atoms with Gasteiger partial charge in [-0.15, -0.1) is 0 Å². The van der Waals surface area contributed by atoms with Gasteiger partial charge in [-0.3, -0.25) is 5.10 Å². The van der Waals surface area contributed by atoms with E-state index in [4.69, 9.17) is 14.7 Å². The van der Waals surface area contributed by atoms with Crippen LogP contribution in [0.15, 0.2) is 42.0 Å². The van der Waals surface area contributed by atoms with E-state index in [0.29, 0.717) is 30.0 Å². The van der Waals surface area contributed by atoms with E-state index in [1.807, 2.05) is 7.11 Å². The topological polar surface area (TPSA) is 70.2 Å². The zero-order valence-electron chi connectivity index (χ0n) is 25.5. The average molecular weight is 561 g/mol. The molecule has 2 fully saturated rings.